The Kier molecular flexibility index (Phi) is 7.19. The van der Waals surface area contributed by atoms with E-state index in [-0.39, 0.29) is 0 Å². The van der Waals surface area contributed by atoms with Crippen LogP contribution in [0.2, 0.25) is 0 Å². The third-order valence-electron chi connectivity index (χ3n) is 4.65. The van der Waals surface area contributed by atoms with Gasteiger partial charge in [0.2, 0.25) is 0 Å². The second-order valence-electron chi connectivity index (χ2n) is 7.99. The number of anilines is 2. The first-order valence-electron chi connectivity index (χ1n) is 9.44. The van der Waals surface area contributed by atoms with Crippen molar-refractivity contribution in [2.24, 2.45) is 0 Å². The van der Waals surface area contributed by atoms with Crippen LogP contribution < -0.4 is 10.2 Å². The average molecular weight is 483 g/mol. The fourth-order valence-electron chi connectivity index (χ4n) is 2.90. The molecule has 158 valence electrons. The molecule has 1 aromatic heterocycles. The predicted octanol–water partition coefficient (Wildman–Crippen LogP) is 4.50. The lowest BCUT2D eigenvalue weighted by atomic mass is 10.0. The van der Waals surface area contributed by atoms with Gasteiger partial charge in [-0.25, -0.2) is 19.4 Å². The monoisotopic (exact) mass is 482 g/mol. The number of hydrogen-bond donors (Lipinski definition) is 2. The minimum Gasteiger partial charge on any atom is -0.362 e. The molecule has 1 aromatic carbocycles. The van der Waals surface area contributed by atoms with E-state index in [1.807, 2.05) is 35.2 Å². The average Bonchev–Trinajstić information content (AvgIpc) is 2.65. The van der Waals surface area contributed by atoms with Gasteiger partial charge < -0.3 is 15.0 Å². The smallest absolute Gasteiger partial charge is 0.135 e. The summed E-state index contributed by atoms with van der Waals surface area (Å²) in [5.41, 5.74) is 2.74. The Morgan fingerprint density at radius 2 is 2.07 bits per heavy atom. The third kappa shape index (κ3) is 6.17. The Balaban J connectivity index is 1.70. The number of rotatable bonds is 9. The van der Waals surface area contributed by atoms with E-state index in [4.69, 9.17) is 10.1 Å². The van der Waals surface area contributed by atoms with E-state index in [9.17, 15) is 4.39 Å². The summed E-state index contributed by atoms with van der Waals surface area (Å²) in [4.78, 5) is 6.20. The van der Waals surface area contributed by atoms with Gasteiger partial charge in [-0.05, 0) is 49.1 Å². The normalized spacial score (nSPS) is 15.1. The summed E-state index contributed by atoms with van der Waals surface area (Å²) in [6, 6.07) is 9.47. The van der Waals surface area contributed by atoms with Crippen LogP contribution in [0.4, 0.5) is 15.9 Å². The molecule has 1 fully saturated rings. The second kappa shape index (κ2) is 9.45. The molecule has 0 aliphatic carbocycles. The van der Waals surface area contributed by atoms with Crippen LogP contribution in [-0.4, -0.2) is 67.8 Å². The molecular formula is C21H28BrFN4OS. The Bertz CT molecular complexity index is 868. The van der Waals surface area contributed by atoms with Crippen molar-refractivity contribution in [2.75, 3.05) is 61.2 Å². The van der Waals surface area contributed by atoms with Gasteiger partial charge in [-0.3, -0.25) is 5.41 Å². The SMILES string of the molecule is CS(C)(C)CCOCNc1ccc(Br)cc1C(=N)c1ccnc(N2CC(F)C2)c1. The van der Waals surface area contributed by atoms with Crippen LogP contribution in [0.15, 0.2) is 41.0 Å². The molecule has 5 nitrogen and oxygen atoms in total. The van der Waals surface area contributed by atoms with Gasteiger partial charge in [0.25, 0.3) is 0 Å². The fraction of sp³-hybridized carbons (Fsp3) is 0.429. The zero-order valence-corrected chi connectivity index (χ0v) is 19.4. The highest BCUT2D eigenvalue weighted by Crippen LogP contribution is 2.33. The number of pyridine rings is 1. The van der Waals surface area contributed by atoms with E-state index >= 15 is 0 Å². The van der Waals surface area contributed by atoms with Crippen LogP contribution in [0.3, 0.4) is 0 Å². The molecule has 1 aliphatic heterocycles. The number of alkyl halides is 1. The van der Waals surface area contributed by atoms with E-state index in [1.54, 1.807) is 6.20 Å². The third-order valence-corrected chi connectivity index (χ3v) is 6.54. The molecule has 29 heavy (non-hydrogen) atoms. The Morgan fingerprint density at radius 3 is 2.76 bits per heavy atom. The van der Waals surface area contributed by atoms with Crippen LogP contribution in [0.5, 0.6) is 0 Å². The minimum atomic E-state index is -0.791. The van der Waals surface area contributed by atoms with Crippen LogP contribution in [-0.2, 0) is 4.74 Å². The molecular weight excluding hydrogens is 455 g/mol. The molecule has 8 heteroatoms. The Morgan fingerprint density at radius 1 is 1.31 bits per heavy atom. The van der Waals surface area contributed by atoms with Crippen molar-refractivity contribution < 1.29 is 9.13 Å². The number of benzene rings is 1. The van der Waals surface area contributed by atoms with Crippen LogP contribution in [0.1, 0.15) is 11.1 Å². The molecule has 2 aromatic rings. The van der Waals surface area contributed by atoms with Crippen molar-refractivity contribution in [1.29, 1.82) is 5.41 Å². The maximum atomic E-state index is 13.2. The summed E-state index contributed by atoms with van der Waals surface area (Å²) in [6.07, 6.45) is 7.70. The molecule has 0 bridgehead atoms. The highest BCUT2D eigenvalue weighted by Gasteiger charge is 2.27. The van der Waals surface area contributed by atoms with Crippen LogP contribution in [0.25, 0.3) is 0 Å². The van der Waals surface area contributed by atoms with Gasteiger partial charge in [-0.15, -0.1) is 0 Å². The van der Waals surface area contributed by atoms with Crippen LogP contribution >= 0.6 is 26.0 Å². The maximum Gasteiger partial charge on any atom is 0.135 e. The molecule has 1 aliphatic rings. The van der Waals surface area contributed by atoms with Crippen molar-refractivity contribution in [1.82, 2.24) is 4.98 Å². The standard InChI is InChI=1S/C21H28BrFN4OS/c1-29(2,3)9-8-28-14-26-19-5-4-16(22)11-18(19)21(24)15-6-7-25-20(10-15)27-12-17(23)13-27/h4-7,10-11,17,24,26H,8-9,12-14H2,1-3H3. The highest BCUT2D eigenvalue weighted by molar-refractivity contribution is 9.10. The van der Waals surface area contributed by atoms with Gasteiger partial charge in [0.05, 0.1) is 25.4 Å². The molecule has 3 rings (SSSR count). The van der Waals surface area contributed by atoms with Crippen molar-refractivity contribution in [2.45, 2.75) is 6.17 Å². The largest absolute Gasteiger partial charge is 0.362 e. The minimum absolute atomic E-state index is 0.362. The van der Waals surface area contributed by atoms with Gasteiger partial charge >= 0.3 is 0 Å². The maximum absolute atomic E-state index is 13.2. The number of nitrogens with one attached hydrogen (secondary N) is 2. The lowest BCUT2D eigenvalue weighted by Gasteiger charge is -2.35. The van der Waals surface area contributed by atoms with Gasteiger partial charge in [0.1, 0.15) is 18.7 Å². The molecule has 0 unspecified atom stereocenters. The van der Waals surface area contributed by atoms with E-state index in [1.165, 1.54) is 0 Å². The zero-order chi connectivity index (χ0) is 21.0. The molecule has 0 atom stereocenters. The summed E-state index contributed by atoms with van der Waals surface area (Å²) in [5, 5.41) is 12.0. The Hall–Kier alpha value is -1.64. The molecule has 1 saturated heterocycles. The Labute approximate surface area is 182 Å². The first-order chi connectivity index (χ1) is 13.7. The lowest BCUT2D eigenvalue weighted by molar-refractivity contribution is 0.169. The number of aromatic nitrogens is 1. The predicted molar refractivity (Wildman–Crippen MR) is 126 cm³/mol. The van der Waals surface area contributed by atoms with Gasteiger partial charge in [0, 0.05) is 33.2 Å². The first-order valence-corrected chi connectivity index (χ1v) is 13.3. The molecule has 0 spiro atoms. The number of ether oxygens (including phenoxy) is 1. The van der Waals surface area contributed by atoms with E-state index < -0.39 is 16.2 Å². The fourth-order valence-corrected chi connectivity index (χ4v) is 3.88. The molecule has 0 saturated carbocycles. The summed E-state index contributed by atoms with van der Waals surface area (Å²) in [7, 11) is -0.571. The summed E-state index contributed by atoms with van der Waals surface area (Å²) in [5.74, 6) is 1.77. The zero-order valence-electron chi connectivity index (χ0n) is 17.0. The molecule has 2 heterocycles. The number of hydrogen-bond acceptors (Lipinski definition) is 5. The summed E-state index contributed by atoms with van der Waals surface area (Å²) < 4.78 is 19.8. The van der Waals surface area contributed by atoms with Crippen molar-refractivity contribution in [3.05, 3.63) is 52.1 Å². The van der Waals surface area contributed by atoms with E-state index in [2.05, 4.69) is 45.0 Å². The van der Waals surface area contributed by atoms with Crippen LogP contribution in [0, 0.1) is 5.41 Å². The van der Waals surface area contributed by atoms with Gasteiger partial charge in [-0.1, -0.05) is 15.9 Å². The highest BCUT2D eigenvalue weighted by atomic mass is 79.9. The summed E-state index contributed by atoms with van der Waals surface area (Å²) in [6.45, 7) is 1.83. The van der Waals surface area contributed by atoms with Gasteiger partial charge in [0.15, 0.2) is 0 Å². The summed E-state index contributed by atoms with van der Waals surface area (Å²) >= 11 is 3.50. The number of halogens is 2. The van der Waals surface area contributed by atoms with Crippen molar-refractivity contribution >= 4 is 43.2 Å². The molecule has 0 radical (unpaired) electrons. The van der Waals surface area contributed by atoms with E-state index in [0.29, 0.717) is 38.0 Å². The van der Waals surface area contributed by atoms with Crippen molar-refractivity contribution in [3.63, 3.8) is 0 Å². The van der Waals surface area contributed by atoms with E-state index in [0.717, 1.165) is 27.0 Å². The van der Waals surface area contributed by atoms with Crippen molar-refractivity contribution in [3.8, 4) is 0 Å². The topological polar surface area (TPSA) is 61.2 Å². The first kappa shape index (κ1) is 22.1. The molecule has 2 N–H and O–H groups in total. The second-order valence-corrected chi connectivity index (χ2v) is 13.5. The lowest BCUT2D eigenvalue weighted by Crippen LogP contribution is -2.48. The quantitative estimate of drug-likeness (QED) is 0.313. The molecule has 0 amide bonds. The van der Waals surface area contributed by atoms with Gasteiger partial charge in [-0.2, -0.15) is 0 Å². The number of nitrogens with zero attached hydrogens (tertiary/aromatic N) is 2.